The van der Waals surface area contributed by atoms with Crippen molar-refractivity contribution in [3.63, 3.8) is 0 Å². The van der Waals surface area contributed by atoms with Crippen molar-refractivity contribution in [1.29, 1.82) is 0 Å². The van der Waals surface area contributed by atoms with Gasteiger partial charge in [0.1, 0.15) is 5.75 Å². The Bertz CT molecular complexity index is 940. The minimum absolute atomic E-state index is 0.175. The summed E-state index contributed by atoms with van der Waals surface area (Å²) in [7, 11) is 0. The van der Waals surface area contributed by atoms with E-state index in [1.165, 1.54) is 41.4 Å². The number of anilines is 2. The van der Waals surface area contributed by atoms with Gasteiger partial charge in [-0.1, -0.05) is 34.4 Å². The number of thioether (sulfide) groups is 1. The van der Waals surface area contributed by atoms with Crippen LogP contribution in [0.15, 0.2) is 22.5 Å². The van der Waals surface area contributed by atoms with Gasteiger partial charge in [-0.3, -0.25) is 9.59 Å². The lowest BCUT2D eigenvalue weighted by Crippen LogP contribution is -2.13. The third kappa shape index (κ3) is 4.90. The van der Waals surface area contributed by atoms with E-state index in [2.05, 4.69) is 25.8 Å². The minimum atomic E-state index is -0.209. The topological polar surface area (TPSA) is 106 Å². The number of benzene rings is 1. The van der Waals surface area contributed by atoms with Gasteiger partial charge in [-0.25, -0.2) is 4.98 Å². The summed E-state index contributed by atoms with van der Waals surface area (Å²) in [5, 5.41) is 14.0. The van der Waals surface area contributed by atoms with E-state index in [0.717, 1.165) is 16.0 Å². The fraction of sp³-hybridized carbons (Fsp3) is 0.267. The van der Waals surface area contributed by atoms with Gasteiger partial charge in [0.15, 0.2) is 9.47 Å². The summed E-state index contributed by atoms with van der Waals surface area (Å²) in [6.45, 7) is 3.93. The highest BCUT2D eigenvalue weighted by Gasteiger charge is 2.12. The van der Waals surface area contributed by atoms with Crippen LogP contribution in [0.2, 0.25) is 0 Å². The molecular weight excluding hydrogens is 394 g/mol. The van der Waals surface area contributed by atoms with Gasteiger partial charge in [0.05, 0.1) is 22.6 Å². The summed E-state index contributed by atoms with van der Waals surface area (Å²) in [5.41, 5.74) is 0.811. The minimum Gasteiger partial charge on any atom is -0.494 e. The van der Waals surface area contributed by atoms with Gasteiger partial charge in [0.25, 0.3) is 0 Å². The number of aromatic nitrogens is 3. The lowest BCUT2D eigenvalue weighted by molar-refractivity contribution is -0.114. The molecule has 136 valence electrons. The Hall–Kier alpha value is -2.24. The summed E-state index contributed by atoms with van der Waals surface area (Å²) in [5.74, 6) is 0.562. The molecule has 0 spiro atoms. The van der Waals surface area contributed by atoms with Gasteiger partial charge in [-0.05, 0) is 25.1 Å². The molecule has 0 aliphatic rings. The van der Waals surface area contributed by atoms with E-state index < -0.39 is 0 Å². The van der Waals surface area contributed by atoms with Crippen LogP contribution in [0.4, 0.5) is 10.3 Å². The zero-order valence-corrected chi connectivity index (χ0v) is 16.4. The van der Waals surface area contributed by atoms with E-state index in [4.69, 9.17) is 4.74 Å². The number of amides is 2. The maximum atomic E-state index is 12.1. The van der Waals surface area contributed by atoms with Crippen LogP contribution in [0, 0.1) is 0 Å². The van der Waals surface area contributed by atoms with Crippen molar-refractivity contribution in [2.45, 2.75) is 18.2 Å². The number of nitrogens with one attached hydrogen (secondary N) is 2. The molecule has 0 aliphatic carbocycles. The molecule has 0 aliphatic heterocycles. The van der Waals surface area contributed by atoms with Crippen LogP contribution in [0.5, 0.6) is 5.75 Å². The maximum absolute atomic E-state index is 12.1. The van der Waals surface area contributed by atoms with Crippen LogP contribution in [0.3, 0.4) is 0 Å². The second-order valence-electron chi connectivity index (χ2n) is 4.97. The maximum Gasteiger partial charge on any atom is 0.236 e. The van der Waals surface area contributed by atoms with Crippen molar-refractivity contribution in [1.82, 2.24) is 15.2 Å². The van der Waals surface area contributed by atoms with Crippen molar-refractivity contribution in [3.05, 3.63) is 18.2 Å². The molecule has 0 atom stereocenters. The Morgan fingerprint density at radius 3 is 2.81 bits per heavy atom. The molecule has 3 aromatic rings. The summed E-state index contributed by atoms with van der Waals surface area (Å²) in [4.78, 5) is 27.5. The van der Waals surface area contributed by atoms with Crippen molar-refractivity contribution in [3.8, 4) is 5.75 Å². The fourth-order valence-corrected chi connectivity index (χ4v) is 4.48. The highest BCUT2D eigenvalue weighted by atomic mass is 32.2. The molecule has 0 bridgehead atoms. The summed E-state index contributed by atoms with van der Waals surface area (Å²) < 4.78 is 7.02. The van der Waals surface area contributed by atoms with E-state index in [-0.39, 0.29) is 17.6 Å². The number of fused-ring (bicyclic) bond motifs is 1. The molecule has 2 heterocycles. The molecule has 8 nitrogen and oxygen atoms in total. The van der Waals surface area contributed by atoms with Crippen LogP contribution in [0.25, 0.3) is 10.2 Å². The largest absolute Gasteiger partial charge is 0.494 e. The third-order valence-corrected chi connectivity index (χ3v) is 5.84. The first kappa shape index (κ1) is 18.5. The van der Waals surface area contributed by atoms with Crippen molar-refractivity contribution >= 4 is 66.7 Å². The SMILES string of the molecule is CCOc1ccc2nc(NC(=O)CSc3nnc(NC(C)=O)s3)sc2c1. The highest BCUT2D eigenvalue weighted by Crippen LogP contribution is 2.30. The highest BCUT2D eigenvalue weighted by molar-refractivity contribution is 8.01. The van der Waals surface area contributed by atoms with E-state index in [1.54, 1.807) is 0 Å². The van der Waals surface area contributed by atoms with E-state index in [9.17, 15) is 9.59 Å². The first-order valence-corrected chi connectivity index (χ1v) is 10.2. The smallest absolute Gasteiger partial charge is 0.236 e. The van der Waals surface area contributed by atoms with Gasteiger partial charge in [-0.15, -0.1) is 10.2 Å². The Labute approximate surface area is 161 Å². The summed E-state index contributed by atoms with van der Waals surface area (Å²) >= 11 is 3.86. The molecule has 2 amide bonds. The number of hydrogen-bond acceptors (Lipinski definition) is 9. The Kier molecular flexibility index (Phi) is 6.01. The number of thiazole rings is 1. The van der Waals surface area contributed by atoms with Crippen LogP contribution in [0.1, 0.15) is 13.8 Å². The van der Waals surface area contributed by atoms with Crippen LogP contribution < -0.4 is 15.4 Å². The lowest BCUT2D eigenvalue weighted by atomic mass is 10.3. The zero-order valence-electron chi connectivity index (χ0n) is 13.9. The lowest BCUT2D eigenvalue weighted by Gasteiger charge is -2.00. The number of rotatable bonds is 7. The molecule has 0 fully saturated rings. The van der Waals surface area contributed by atoms with E-state index in [0.29, 0.717) is 21.2 Å². The molecular formula is C15H15N5O3S3. The predicted octanol–water partition coefficient (Wildman–Crippen LogP) is 3.24. The predicted molar refractivity (Wildman–Crippen MR) is 104 cm³/mol. The van der Waals surface area contributed by atoms with E-state index >= 15 is 0 Å². The van der Waals surface area contributed by atoms with Crippen LogP contribution in [-0.4, -0.2) is 39.4 Å². The molecule has 0 saturated heterocycles. The van der Waals surface area contributed by atoms with Gasteiger partial charge >= 0.3 is 0 Å². The number of nitrogens with zero attached hydrogens (tertiary/aromatic N) is 3. The number of ether oxygens (including phenoxy) is 1. The number of carbonyl (C=O) groups is 2. The van der Waals surface area contributed by atoms with Crippen molar-refractivity contribution in [2.24, 2.45) is 0 Å². The standard InChI is InChI=1S/C15H15N5O3S3/c1-3-23-9-4-5-10-11(6-9)25-13(17-10)18-12(22)7-24-15-20-19-14(26-15)16-8(2)21/h4-6H,3,7H2,1-2H3,(H,16,19,21)(H,17,18,22). The molecule has 2 N–H and O–H groups in total. The first-order valence-electron chi connectivity index (χ1n) is 7.60. The van der Waals surface area contributed by atoms with Crippen molar-refractivity contribution < 1.29 is 14.3 Å². The normalized spacial score (nSPS) is 10.7. The Morgan fingerprint density at radius 2 is 2.04 bits per heavy atom. The molecule has 0 unspecified atom stereocenters. The molecule has 0 radical (unpaired) electrons. The molecule has 11 heteroatoms. The van der Waals surface area contributed by atoms with Gasteiger partial charge < -0.3 is 15.4 Å². The zero-order chi connectivity index (χ0) is 18.5. The molecule has 26 heavy (non-hydrogen) atoms. The first-order chi connectivity index (χ1) is 12.5. The Balaban J connectivity index is 1.56. The van der Waals surface area contributed by atoms with Gasteiger partial charge in [0, 0.05) is 6.92 Å². The second kappa shape index (κ2) is 8.43. The average molecular weight is 410 g/mol. The van der Waals surface area contributed by atoms with Gasteiger partial charge in [0.2, 0.25) is 16.9 Å². The summed E-state index contributed by atoms with van der Waals surface area (Å²) in [6.07, 6.45) is 0. The van der Waals surface area contributed by atoms with E-state index in [1.807, 2.05) is 25.1 Å². The monoisotopic (exact) mass is 409 g/mol. The number of carbonyl (C=O) groups excluding carboxylic acids is 2. The third-order valence-electron chi connectivity index (χ3n) is 2.93. The fourth-order valence-electron chi connectivity index (χ4n) is 1.97. The quantitative estimate of drug-likeness (QED) is 0.456. The Morgan fingerprint density at radius 1 is 1.19 bits per heavy atom. The van der Waals surface area contributed by atoms with Crippen molar-refractivity contribution in [2.75, 3.05) is 23.0 Å². The van der Waals surface area contributed by atoms with Crippen LogP contribution in [-0.2, 0) is 9.59 Å². The van der Waals surface area contributed by atoms with Crippen LogP contribution >= 0.6 is 34.4 Å². The molecule has 2 aromatic heterocycles. The molecule has 3 rings (SSSR count). The van der Waals surface area contributed by atoms with Gasteiger partial charge in [-0.2, -0.15) is 0 Å². The number of hydrogen-bond donors (Lipinski definition) is 2. The average Bonchev–Trinajstić information content (AvgIpc) is 3.18. The second-order valence-corrected chi connectivity index (χ2v) is 8.20. The summed E-state index contributed by atoms with van der Waals surface area (Å²) in [6, 6.07) is 5.63. The molecule has 0 saturated carbocycles. The molecule has 1 aromatic carbocycles.